The van der Waals surface area contributed by atoms with Gasteiger partial charge in [-0.15, -0.1) is 0 Å². The second-order valence-electron chi connectivity index (χ2n) is 12.0. The molecule has 214 valence electrons. The zero-order valence-corrected chi connectivity index (χ0v) is 25.5. The summed E-state index contributed by atoms with van der Waals surface area (Å²) in [7, 11) is 0. The number of rotatable bonds is 4. The molecule has 4 heteroatoms. The standard InChI is InChI=1S/C40H33N3O/c1-5-26-23-34(43-33-16-7-6-13-31(33)36(26)38-25(2)11-10-22-42-38)28-20-18-27(19-21-28)30-14-9-17-35-37(30)40(3,4)32-15-8-12-29(24-41)39(32)44-35/h6-22H,5,23H2,1-4H3. The first-order valence-electron chi connectivity index (χ1n) is 15.2. The van der Waals surface area contributed by atoms with Gasteiger partial charge in [0.15, 0.2) is 0 Å². The van der Waals surface area contributed by atoms with Crippen LogP contribution in [-0.4, -0.2) is 10.7 Å². The van der Waals surface area contributed by atoms with E-state index in [2.05, 4.69) is 100 Å². The molecule has 2 aliphatic rings. The average molecular weight is 572 g/mol. The largest absolute Gasteiger partial charge is 0.455 e. The molecular formula is C40H33N3O. The first-order chi connectivity index (χ1) is 21.4. The van der Waals surface area contributed by atoms with E-state index in [0.29, 0.717) is 11.3 Å². The van der Waals surface area contributed by atoms with Crippen molar-refractivity contribution in [3.63, 3.8) is 0 Å². The molecule has 4 aromatic carbocycles. The van der Waals surface area contributed by atoms with Gasteiger partial charge >= 0.3 is 0 Å². The number of allylic oxidation sites excluding steroid dienone is 1. The highest BCUT2D eigenvalue weighted by Gasteiger charge is 2.37. The van der Waals surface area contributed by atoms with Crippen molar-refractivity contribution in [3.8, 4) is 28.7 Å². The molecule has 0 atom stereocenters. The van der Waals surface area contributed by atoms with Gasteiger partial charge in [0.25, 0.3) is 0 Å². The Hall–Kier alpha value is -5.27. The van der Waals surface area contributed by atoms with Crippen LogP contribution >= 0.6 is 0 Å². The zero-order valence-electron chi connectivity index (χ0n) is 25.5. The Balaban J connectivity index is 1.30. The number of para-hydroxylation sites is 2. The number of fused-ring (bicyclic) bond motifs is 3. The van der Waals surface area contributed by atoms with Crippen molar-refractivity contribution in [3.05, 3.63) is 148 Å². The fraction of sp³-hybridized carbons (Fsp3) is 0.175. The van der Waals surface area contributed by atoms with Gasteiger partial charge in [-0.1, -0.05) is 99.1 Å². The second-order valence-corrected chi connectivity index (χ2v) is 12.0. The molecule has 0 radical (unpaired) electrons. The molecule has 0 saturated heterocycles. The summed E-state index contributed by atoms with van der Waals surface area (Å²) in [6, 6.07) is 35.7. The van der Waals surface area contributed by atoms with Crippen LogP contribution in [0.2, 0.25) is 0 Å². The van der Waals surface area contributed by atoms with E-state index in [9.17, 15) is 5.26 Å². The summed E-state index contributed by atoms with van der Waals surface area (Å²) >= 11 is 0. The van der Waals surface area contributed by atoms with E-state index in [4.69, 9.17) is 14.7 Å². The van der Waals surface area contributed by atoms with E-state index in [1.54, 1.807) is 0 Å². The van der Waals surface area contributed by atoms with E-state index in [1.165, 1.54) is 16.7 Å². The van der Waals surface area contributed by atoms with Gasteiger partial charge in [-0.2, -0.15) is 5.26 Å². The fourth-order valence-electron chi connectivity index (χ4n) is 6.77. The Morgan fingerprint density at radius 1 is 0.841 bits per heavy atom. The minimum Gasteiger partial charge on any atom is -0.455 e. The van der Waals surface area contributed by atoms with Crippen LogP contribution in [0.1, 0.15) is 72.7 Å². The summed E-state index contributed by atoms with van der Waals surface area (Å²) < 4.78 is 6.39. The van der Waals surface area contributed by atoms with Crippen LogP contribution in [0.3, 0.4) is 0 Å². The number of hydrogen-bond donors (Lipinski definition) is 0. The van der Waals surface area contributed by atoms with Gasteiger partial charge in [0, 0.05) is 40.3 Å². The van der Waals surface area contributed by atoms with Crippen LogP contribution in [0, 0.1) is 18.3 Å². The van der Waals surface area contributed by atoms with Crippen molar-refractivity contribution < 1.29 is 4.74 Å². The number of ether oxygens (including phenoxy) is 1. The fourth-order valence-corrected chi connectivity index (χ4v) is 6.77. The monoisotopic (exact) mass is 571 g/mol. The number of nitrogens with zero attached hydrogens (tertiary/aromatic N) is 3. The predicted molar refractivity (Wildman–Crippen MR) is 178 cm³/mol. The van der Waals surface area contributed by atoms with E-state index < -0.39 is 0 Å². The van der Waals surface area contributed by atoms with Crippen LogP contribution in [0.5, 0.6) is 11.5 Å². The highest BCUT2D eigenvalue weighted by atomic mass is 16.5. The van der Waals surface area contributed by atoms with Gasteiger partial charge in [-0.05, 0) is 59.9 Å². The van der Waals surface area contributed by atoms with Crippen molar-refractivity contribution in [1.29, 1.82) is 5.26 Å². The first kappa shape index (κ1) is 27.6. The van der Waals surface area contributed by atoms with Crippen LogP contribution in [0.15, 0.2) is 114 Å². The smallest absolute Gasteiger partial charge is 0.149 e. The third-order valence-electron chi connectivity index (χ3n) is 9.04. The molecule has 3 heterocycles. The van der Waals surface area contributed by atoms with Gasteiger partial charge in [0.2, 0.25) is 0 Å². The molecule has 0 aliphatic carbocycles. The number of hydrogen-bond acceptors (Lipinski definition) is 4. The maximum atomic E-state index is 9.72. The molecule has 0 spiro atoms. The number of aryl methyl sites for hydroxylation is 1. The van der Waals surface area contributed by atoms with Crippen LogP contribution in [0.4, 0.5) is 5.69 Å². The second kappa shape index (κ2) is 10.8. The van der Waals surface area contributed by atoms with Crippen LogP contribution in [-0.2, 0) is 5.41 Å². The summed E-state index contributed by atoms with van der Waals surface area (Å²) in [5.74, 6) is 1.46. The lowest BCUT2D eigenvalue weighted by Gasteiger charge is -2.36. The minimum atomic E-state index is -0.346. The third-order valence-corrected chi connectivity index (χ3v) is 9.04. The van der Waals surface area contributed by atoms with Crippen LogP contribution in [0.25, 0.3) is 16.7 Å². The molecule has 4 nitrogen and oxygen atoms in total. The SMILES string of the molecule is CCC1=C(c2ncccc2C)c2ccccc2N=C(c2ccc(-c3cccc4c3C(C)(C)c3cccc(C#N)c3O4)cc2)C1. The van der Waals surface area contributed by atoms with Gasteiger partial charge < -0.3 is 4.74 Å². The molecule has 44 heavy (non-hydrogen) atoms. The van der Waals surface area contributed by atoms with Gasteiger partial charge in [-0.25, -0.2) is 0 Å². The molecule has 0 unspecified atom stereocenters. The Kier molecular flexibility index (Phi) is 6.75. The number of nitriles is 1. The molecule has 1 aromatic heterocycles. The summed E-state index contributed by atoms with van der Waals surface area (Å²) in [6.07, 6.45) is 3.55. The molecule has 0 fully saturated rings. The lowest BCUT2D eigenvalue weighted by Crippen LogP contribution is -2.25. The summed E-state index contributed by atoms with van der Waals surface area (Å²) in [6.45, 7) is 8.78. The van der Waals surface area contributed by atoms with Crippen molar-refractivity contribution in [2.45, 2.75) is 46.0 Å². The van der Waals surface area contributed by atoms with Crippen molar-refractivity contribution >= 4 is 17.0 Å². The third kappa shape index (κ3) is 4.44. The van der Waals surface area contributed by atoms with Crippen LogP contribution < -0.4 is 4.74 Å². The average Bonchev–Trinajstić information content (AvgIpc) is 3.21. The molecule has 0 bridgehead atoms. The van der Waals surface area contributed by atoms with Gasteiger partial charge in [0.1, 0.15) is 17.6 Å². The first-order valence-corrected chi connectivity index (χ1v) is 15.2. The Labute approximate surface area is 259 Å². The van der Waals surface area contributed by atoms with Crippen molar-refractivity contribution in [2.75, 3.05) is 0 Å². The summed E-state index contributed by atoms with van der Waals surface area (Å²) in [4.78, 5) is 10.1. The van der Waals surface area contributed by atoms with E-state index >= 15 is 0 Å². The van der Waals surface area contributed by atoms with Gasteiger partial charge in [0.05, 0.1) is 22.7 Å². The summed E-state index contributed by atoms with van der Waals surface area (Å²) in [5, 5.41) is 9.72. The molecule has 0 saturated carbocycles. The number of aliphatic imine (C=N–C) groups is 1. The normalized spacial score (nSPS) is 14.8. The summed E-state index contributed by atoms with van der Waals surface area (Å²) in [5.41, 5.74) is 13.6. The highest BCUT2D eigenvalue weighted by molar-refractivity contribution is 6.07. The Bertz CT molecular complexity index is 2040. The minimum absolute atomic E-state index is 0.346. The topological polar surface area (TPSA) is 58.3 Å². The number of benzene rings is 4. The quantitative estimate of drug-likeness (QED) is 0.216. The highest BCUT2D eigenvalue weighted by Crippen LogP contribution is 2.52. The molecule has 0 amide bonds. The Morgan fingerprint density at radius 3 is 2.36 bits per heavy atom. The van der Waals surface area contributed by atoms with Crippen molar-refractivity contribution in [2.24, 2.45) is 4.99 Å². The Morgan fingerprint density at radius 2 is 1.59 bits per heavy atom. The molecule has 5 aromatic rings. The van der Waals surface area contributed by atoms with E-state index in [-0.39, 0.29) is 5.41 Å². The van der Waals surface area contributed by atoms with E-state index in [0.717, 1.165) is 69.1 Å². The lowest BCUT2D eigenvalue weighted by atomic mass is 9.72. The molecule has 2 aliphatic heterocycles. The predicted octanol–water partition coefficient (Wildman–Crippen LogP) is 10.1. The zero-order chi connectivity index (χ0) is 30.4. The van der Waals surface area contributed by atoms with Crippen molar-refractivity contribution in [1.82, 2.24) is 4.98 Å². The maximum Gasteiger partial charge on any atom is 0.149 e. The molecule has 0 N–H and O–H groups in total. The lowest BCUT2D eigenvalue weighted by molar-refractivity contribution is 0.417. The molecular weight excluding hydrogens is 538 g/mol. The van der Waals surface area contributed by atoms with Gasteiger partial charge in [-0.3, -0.25) is 9.98 Å². The van der Waals surface area contributed by atoms with E-state index in [1.807, 2.05) is 36.5 Å². The number of aromatic nitrogens is 1. The maximum absolute atomic E-state index is 9.72. The molecule has 7 rings (SSSR count). The number of pyridine rings is 1.